The molecule has 1 N–H and O–H groups in total. The molecule has 0 saturated heterocycles. The van der Waals surface area contributed by atoms with E-state index in [9.17, 15) is 4.79 Å². The molecule has 0 aliphatic heterocycles. The van der Waals surface area contributed by atoms with E-state index >= 15 is 0 Å². The van der Waals surface area contributed by atoms with Crippen molar-refractivity contribution in [2.24, 2.45) is 0 Å². The van der Waals surface area contributed by atoms with Crippen molar-refractivity contribution in [3.63, 3.8) is 0 Å². The van der Waals surface area contributed by atoms with E-state index < -0.39 is 5.97 Å². The highest BCUT2D eigenvalue weighted by Gasteiger charge is 2.12. The fourth-order valence-electron chi connectivity index (χ4n) is 1.83. The molecule has 0 fully saturated rings. The van der Waals surface area contributed by atoms with Gasteiger partial charge >= 0.3 is 5.97 Å². The average Bonchev–Trinajstić information content (AvgIpc) is 2.92. The fourth-order valence-corrected chi connectivity index (χ4v) is 2.25. The minimum absolute atomic E-state index is 0.180. The van der Waals surface area contributed by atoms with E-state index in [1.165, 1.54) is 12.7 Å². The zero-order chi connectivity index (χ0) is 14.5. The second-order valence-electron chi connectivity index (χ2n) is 4.42. The number of hydrogen-bond donors (Lipinski definition) is 1. The molecular weight excluding hydrogens is 322 g/mol. The summed E-state index contributed by atoms with van der Waals surface area (Å²) in [6.07, 6.45) is 0. The molecule has 0 unspecified atom stereocenters. The van der Waals surface area contributed by atoms with Gasteiger partial charge in [0.1, 0.15) is 5.76 Å². The molecule has 1 aromatic carbocycles. The molecular formula is C15H16BrNO3. The zero-order valence-electron chi connectivity index (χ0n) is 11.4. The number of ether oxygens (including phenoxy) is 1. The first-order valence-corrected chi connectivity index (χ1v) is 7.05. The average molecular weight is 338 g/mol. The molecule has 0 amide bonds. The summed E-state index contributed by atoms with van der Waals surface area (Å²) in [6, 6.07) is 11.7. The third-order valence-electron chi connectivity index (χ3n) is 2.98. The number of furan rings is 1. The highest BCUT2D eigenvalue weighted by Crippen LogP contribution is 2.18. The molecule has 20 heavy (non-hydrogen) atoms. The normalized spacial score (nSPS) is 12.2. The number of esters is 1. The van der Waals surface area contributed by atoms with Crippen molar-refractivity contribution < 1.29 is 13.9 Å². The van der Waals surface area contributed by atoms with Crippen LogP contribution in [0.25, 0.3) is 0 Å². The molecule has 4 nitrogen and oxygen atoms in total. The molecule has 106 valence electrons. The SMILES string of the molecule is COC(=O)c1ccc(CN[C@H](C)c2cccc(Br)c2)o1. The predicted octanol–water partition coefficient (Wildman–Crippen LogP) is 3.68. The predicted molar refractivity (Wildman–Crippen MR) is 79.4 cm³/mol. The standard InChI is InChI=1S/C15H16BrNO3/c1-10(11-4-3-5-12(16)8-11)17-9-13-6-7-14(20-13)15(18)19-2/h3-8,10,17H,9H2,1-2H3/t10-/m1/s1. The van der Waals surface area contributed by atoms with Crippen LogP contribution in [0.1, 0.15) is 34.8 Å². The quantitative estimate of drug-likeness (QED) is 0.845. The summed E-state index contributed by atoms with van der Waals surface area (Å²) in [5, 5.41) is 3.35. The van der Waals surface area contributed by atoms with Gasteiger partial charge < -0.3 is 14.5 Å². The van der Waals surface area contributed by atoms with Crippen LogP contribution < -0.4 is 5.32 Å². The zero-order valence-corrected chi connectivity index (χ0v) is 12.9. The molecule has 2 aromatic rings. The van der Waals surface area contributed by atoms with E-state index in [1.54, 1.807) is 12.1 Å². The van der Waals surface area contributed by atoms with Crippen molar-refractivity contribution in [3.8, 4) is 0 Å². The lowest BCUT2D eigenvalue weighted by Gasteiger charge is -2.13. The van der Waals surface area contributed by atoms with Crippen LogP contribution in [0.3, 0.4) is 0 Å². The maximum atomic E-state index is 11.3. The molecule has 2 rings (SSSR count). The molecule has 5 heteroatoms. The van der Waals surface area contributed by atoms with Crippen LogP contribution in [0.5, 0.6) is 0 Å². The van der Waals surface area contributed by atoms with Crippen molar-refractivity contribution in [3.05, 3.63) is 58.0 Å². The molecule has 0 saturated carbocycles. The van der Waals surface area contributed by atoms with Crippen molar-refractivity contribution in [2.45, 2.75) is 19.5 Å². The Morgan fingerprint density at radius 1 is 1.40 bits per heavy atom. The summed E-state index contributed by atoms with van der Waals surface area (Å²) in [4.78, 5) is 11.3. The van der Waals surface area contributed by atoms with E-state index in [0.717, 1.165) is 4.47 Å². The van der Waals surface area contributed by atoms with Gasteiger partial charge in [0.2, 0.25) is 5.76 Å². The fraction of sp³-hybridized carbons (Fsp3) is 0.267. The number of carbonyl (C=O) groups is 1. The molecule has 0 aliphatic carbocycles. The summed E-state index contributed by atoms with van der Waals surface area (Å²) in [5.74, 6) is 0.461. The smallest absolute Gasteiger partial charge is 0.373 e. The topological polar surface area (TPSA) is 51.5 Å². The van der Waals surface area contributed by atoms with Crippen LogP contribution in [0.4, 0.5) is 0 Å². The summed E-state index contributed by atoms with van der Waals surface area (Å²) in [6.45, 7) is 2.62. The monoisotopic (exact) mass is 337 g/mol. The number of benzene rings is 1. The lowest BCUT2D eigenvalue weighted by Crippen LogP contribution is -2.17. The number of nitrogens with one attached hydrogen (secondary N) is 1. The molecule has 0 aliphatic rings. The maximum absolute atomic E-state index is 11.3. The van der Waals surface area contributed by atoms with Gasteiger partial charge in [-0.2, -0.15) is 0 Å². The van der Waals surface area contributed by atoms with Crippen molar-refractivity contribution >= 4 is 21.9 Å². The van der Waals surface area contributed by atoms with Crippen molar-refractivity contribution in [2.75, 3.05) is 7.11 Å². The second kappa shape index (κ2) is 6.72. The van der Waals surface area contributed by atoms with E-state index in [1.807, 2.05) is 12.1 Å². The van der Waals surface area contributed by atoms with Gasteiger partial charge in [-0.1, -0.05) is 28.1 Å². The second-order valence-corrected chi connectivity index (χ2v) is 5.33. The Bertz CT molecular complexity index is 594. The number of halogens is 1. The van der Waals surface area contributed by atoms with Gasteiger partial charge in [-0.3, -0.25) is 0 Å². The first kappa shape index (κ1) is 14.8. The first-order chi connectivity index (χ1) is 9.60. The van der Waals surface area contributed by atoms with Crippen LogP contribution in [0.2, 0.25) is 0 Å². The molecule has 1 heterocycles. The Morgan fingerprint density at radius 3 is 2.90 bits per heavy atom. The molecule has 1 aromatic heterocycles. The minimum atomic E-state index is -0.462. The van der Waals surface area contributed by atoms with Crippen molar-refractivity contribution in [1.29, 1.82) is 0 Å². The highest BCUT2D eigenvalue weighted by molar-refractivity contribution is 9.10. The van der Waals surface area contributed by atoms with Crippen molar-refractivity contribution in [1.82, 2.24) is 5.32 Å². The van der Waals surface area contributed by atoms with Crippen LogP contribution in [0.15, 0.2) is 45.3 Å². The third kappa shape index (κ3) is 3.71. The Hall–Kier alpha value is -1.59. The van der Waals surface area contributed by atoms with E-state index in [-0.39, 0.29) is 11.8 Å². The van der Waals surface area contributed by atoms with E-state index in [4.69, 9.17) is 4.42 Å². The van der Waals surface area contributed by atoms with Gasteiger partial charge in [0.05, 0.1) is 13.7 Å². The molecule has 1 atom stereocenters. The Balaban J connectivity index is 1.95. The van der Waals surface area contributed by atoms with Crippen LogP contribution in [-0.2, 0) is 11.3 Å². The number of hydrogen-bond acceptors (Lipinski definition) is 4. The van der Waals surface area contributed by atoms with Gasteiger partial charge in [-0.15, -0.1) is 0 Å². The Morgan fingerprint density at radius 2 is 2.20 bits per heavy atom. The van der Waals surface area contributed by atoms with Gasteiger partial charge in [-0.25, -0.2) is 4.79 Å². The Labute approximate surface area is 126 Å². The third-order valence-corrected chi connectivity index (χ3v) is 3.47. The minimum Gasteiger partial charge on any atom is -0.463 e. The summed E-state index contributed by atoms with van der Waals surface area (Å²) < 4.78 is 11.0. The molecule has 0 radical (unpaired) electrons. The first-order valence-electron chi connectivity index (χ1n) is 6.26. The van der Waals surface area contributed by atoms with Crippen LogP contribution in [0, 0.1) is 0 Å². The van der Waals surface area contributed by atoms with Gasteiger partial charge in [0.25, 0.3) is 0 Å². The van der Waals surface area contributed by atoms with Gasteiger partial charge in [0, 0.05) is 10.5 Å². The van der Waals surface area contributed by atoms with Crippen LogP contribution in [-0.4, -0.2) is 13.1 Å². The number of methoxy groups -OCH3 is 1. The number of carbonyl (C=O) groups excluding carboxylic acids is 1. The van der Waals surface area contributed by atoms with Crippen LogP contribution >= 0.6 is 15.9 Å². The highest BCUT2D eigenvalue weighted by atomic mass is 79.9. The maximum Gasteiger partial charge on any atom is 0.373 e. The summed E-state index contributed by atoms with van der Waals surface area (Å²) >= 11 is 3.46. The summed E-state index contributed by atoms with van der Waals surface area (Å²) in [7, 11) is 1.33. The van der Waals surface area contributed by atoms with E-state index in [0.29, 0.717) is 12.3 Å². The molecule has 0 spiro atoms. The van der Waals surface area contributed by atoms with Gasteiger partial charge in [-0.05, 0) is 36.8 Å². The lowest BCUT2D eigenvalue weighted by atomic mass is 10.1. The largest absolute Gasteiger partial charge is 0.463 e. The van der Waals surface area contributed by atoms with E-state index in [2.05, 4.69) is 45.0 Å². The van der Waals surface area contributed by atoms with Gasteiger partial charge in [0.15, 0.2) is 0 Å². The molecule has 0 bridgehead atoms. The number of rotatable bonds is 5. The summed E-state index contributed by atoms with van der Waals surface area (Å²) in [5.41, 5.74) is 1.18. The Kier molecular flexibility index (Phi) is 4.98. The lowest BCUT2D eigenvalue weighted by molar-refractivity contribution is 0.0563.